The Bertz CT molecular complexity index is 1090. The van der Waals surface area contributed by atoms with Gasteiger partial charge in [0.2, 0.25) is 5.90 Å². The first-order valence-electron chi connectivity index (χ1n) is 8.18. The van der Waals surface area contributed by atoms with Gasteiger partial charge in [0.25, 0.3) is 5.19 Å². The van der Waals surface area contributed by atoms with Crippen LogP contribution in [0.15, 0.2) is 65.3 Å². The number of rotatable bonds is 5. The van der Waals surface area contributed by atoms with Crippen molar-refractivity contribution in [2.24, 2.45) is 4.99 Å². The lowest BCUT2D eigenvalue weighted by Crippen LogP contribution is -2.05. The Labute approximate surface area is 169 Å². The number of hydrogen-bond donors (Lipinski definition) is 0. The van der Waals surface area contributed by atoms with Crippen LogP contribution in [0.5, 0.6) is 16.7 Å². The first-order valence-corrected chi connectivity index (χ1v) is 9.38. The molecule has 4 rings (SSSR count). The average molecular weight is 413 g/mol. The zero-order valence-corrected chi connectivity index (χ0v) is 16.2. The fraction of sp³-hybridized carbons (Fsp3) is 0.0500. The molecule has 2 aromatic carbocycles. The minimum absolute atomic E-state index is 0.134. The van der Waals surface area contributed by atoms with Crippen LogP contribution in [0.4, 0.5) is 0 Å². The number of methoxy groups -OCH3 is 1. The summed E-state index contributed by atoms with van der Waals surface area (Å²) < 4.78 is 16.1. The van der Waals surface area contributed by atoms with E-state index in [9.17, 15) is 4.79 Å². The van der Waals surface area contributed by atoms with Crippen LogP contribution in [0.2, 0.25) is 5.15 Å². The molecule has 28 heavy (non-hydrogen) atoms. The summed E-state index contributed by atoms with van der Waals surface area (Å²) in [5.74, 6) is 0.928. The molecule has 0 unspecified atom stereocenters. The van der Waals surface area contributed by atoms with Crippen LogP contribution in [0.1, 0.15) is 10.4 Å². The zero-order chi connectivity index (χ0) is 19.5. The van der Waals surface area contributed by atoms with E-state index >= 15 is 0 Å². The SMILES string of the molecule is COc1cccc(C2=N/C(=C/c3sc(Oc4ccccc4)nc3Cl)C(=O)O2)c1. The highest BCUT2D eigenvalue weighted by Crippen LogP contribution is 2.34. The Kier molecular flexibility index (Phi) is 5.10. The van der Waals surface area contributed by atoms with Gasteiger partial charge in [-0.1, -0.05) is 47.2 Å². The molecule has 0 bridgehead atoms. The second kappa shape index (κ2) is 7.84. The number of thiazole rings is 1. The van der Waals surface area contributed by atoms with Crippen molar-refractivity contribution in [3.63, 3.8) is 0 Å². The van der Waals surface area contributed by atoms with Gasteiger partial charge in [0.15, 0.2) is 10.9 Å². The summed E-state index contributed by atoms with van der Waals surface area (Å²) in [6.45, 7) is 0. The molecule has 0 radical (unpaired) electrons. The third-order valence-corrected chi connectivity index (χ3v) is 5.02. The maximum Gasteiger partial charge on any atom is 0.363 e. The van der Waals surface area contributed by atoms with Crippen LogP contribution in [0.25, 0.3) is 6.08 Å². The van der Waals surface area contributed by atoms with Crippen molar-refractivity contribution in [3.05, 3.63) is 75.9 Å². The van der Waals surface area contributed by atoms with Crippen LogP contribution in [-0.4, -0.2) is 24.0 Å². The topological polar surface area (TPSA) is 70.0 Å². The van der Waals surface area contributed by atoms with E-state index in [1.54, 1.807) is 31.4 Å². The Balaban J connectivity index is 1.60. The van der Waals surface area contributed by atoms with Crippen LogP contribution < -0.4 is 9.47 Å². The third-order valence-electron chi connectivity index (χ3n) is 3.74. The maximum absolute atomic E-state index is 12.2. The van der Waals surface area contributed by atoms with E-state index in [0.717, 1.165) is 0 Å². The standard InChI is InChI=1S/C20H13ClN2O4S/c1-25-14-9-5-6-12(10-14)18-22-15(19(24)27-18)11-16-17(21)23-20(28-16)26-13-7-3-2-4-8-13/h2-11H,1H3/b15-11+. The predicted octanol–water partition coefficient (Wildman–Crippen LogP) is 4.94. The summed E-state index contributed by atoms with van der Waals surface area (Å²) in [6, 6.07) is 16.3. The van der Waals surface area contributed by atoms with Gasteiger partial charge in [-0.25, -0.2) is 9.79 Å². The summed E-state index contributed by atoms with van der Waals surface area (Å²) in [7, 11) is 1.56. The van der Waals surface area contributed by atoms with E-state index in [1.807, 2.05) is 30.3 Å². The number of ether oxygens (including phenoxy) is 3. The number of carbonyl (C=O) groups excluding carboxylic acids is 1. The minimum Gasteiger partial charge on any atom is -0.497 e. The largest absolute Gasteiger partial charge is 0.497 e. The number of halogens is 1. The van der Waals surface area contributed by atoms with Gasteiger partial charge >= 0.3 is 5.97 Å². The fourth-order valence-electron chi connectivity index (χ4n) is 2.43. The summed E-state index contributed by atoms with van der Waals surface area (Å²) >= 11 is 7.40. The second-order valence-corrected chi connectivity index (χ2v) is 6.97. The molecule has 8 heteroatoms. The number of benzene rings is 2. The summed E-state index contributed by atoms with van der Waals surface area (Å²) in [4.78, 5) is 21.2. The van der Waals surface area contributed by atoms with Crippen molar-refractivity contribution in [3.8, 4) is 16.7 Å². The second-order valence-electron chi connectivity index (χ2n) is 5.62. The van der Waals surface area contributed by atoms with Crippen molar-refractivity contribution in [2.75, 3.05) is 7.11 Å². The highest BCUT2D eigenvalue weighted by molar-refractivity contribution is 7.14. The van der Waals surface area contributed by atoms with Gasteiger partial charge in [-0.15, -0.1) is 0 Å². The van der Waals surface area contributed by atoms with Gasteiger partial charge in [-0.2, -0.15) is 4.98 Å². The molecule has 0 aliphatic carbocycles. The Morgan fingerprint density at radius 3 is 2.68 bits per heavy atom. The molecule has 1 aromatic heterocycles. The molecule has 0 atom stereocenters. The first-order chi connectivity index (χ1) is 13.6. The van der Waals surface area contributed by atoms with Gasteiger partial charge in [-0.05, 0) is 36.4 Å². The normalized spacial score (nSPS) is 14.7. The molecular weight excluding hydrogens is 400 g/mol. The van der Waals surface area contributed by atoms with E-state index in [-0.39, 0.29) is 16.7 Å². The maximum atomic E-state index is 12.2. The molecule has 0 spiro atoms. The van der Waals surface area contributed by atoms with Crippen molar-refractivity contribution in [1.82, 2.24) is 4.98 Å². The van der Waals surface area contributed by atoms with Crippen LogP contribution in [0, 0.1) is 0 Å². The number of aromatic nitrogens is 1. The Hall–Kier alpha value is -3.16. The van der Waals surface area contributed by atoms with E-state index in [0.29, 0.717) is 27.1 Å². The van der Waals surface area contributed by atoms with Gasteiger partial charge < -0.3 is 14.2 Å². The monoisotopic (exact) mass is 412 g/mol. The molecule has 6 nitrogen and oxygen atoms in total. The Morgan fingerprint density at radius 1 is 1.11 bits per heavy atom. The minimum atomic E-state index is -0.562. The molecule has 1 aliphatic heterocycles. The van der Waals surface area contributed by atoms with Gasteiger partial charge in [-0.3, -0.25) is 0 Å². The third kappa shape index (κ3) is 3.90. The van der Waals surface area contributed by atoms with Crippen LogP contribution in [-0.2, 0) is 9.53 Å². The van der Waals surface area contributed by atoms with Gasteiger partial charge in [0.05, 0.1) is 12.0 Å². The van der Waals surface area contributed by atoms with Gasteiger partial charge in [0.1, 0.15) is 11.5 Å². The van der Waals surface area contributed by atoms with Crippen molar-refractivity contribution < 1.29 is 19.0 Å². The molecule has 2 heterocycles. The van der Waals surface area contributed by atoms with Crippen molar-refractivity contribution >= 4 is 40.9 Å². The summed E-state index contributed by atoms with van der Waals surface area (Å²) in [5, 5.41) is 0.590. The average Bonchev–Trinajstić information content (AvgIpc) is 3.25. The molecule has 0 amide bonds. The predicted molar refractivity (Wildman–Crippen MR) is 107 cm³/mol. The van der Waals surface area contributed by atoms with Crippen LogP contribution in [0.3, 0.4) is 0 Å². The van der Waals surface area contributed by atoms with E-state index in [4.69, 9.17) is 25.8 Å². The van der Waals surface area contributed by atoms with Crippen LogP contribution >= 0.6 is 22.9 Å². The highest BCUT2D eigenvalue weighted by Gasteiger charge is 2.25. The number of hydrogen-bond acceptors (Lipinski definition) is 7. The summed E-state index contributed by atoms with van der Waals surface area (Å²) in [6.07, 6.45) is 1.54. The fourth-order valence-corrected chi connectivity index (χ4v) is 3.49. The van der Waals surface area contributed by atoms with E-state index < -0.39 is 5.97 Å². The van der Waals surface area contributed by atoms with E-state index in [1.165, 1.54) is 17.4 Å². The first kappa shape index (κ1) is 18.2. The quantitative estimate of drug-likeness (QED) is 0.438. The number of carbonyl (C=O) groups is 1. The molecule has 3 aromatic rings. The zero-order valence-electron chi connectivity index (χ0n) is 14.6. The smallest absolute Gasteiger partial charge is 0.363 e. The molecule has 0 saturated carbocycles. The van der Waals surface area contributed by atoms with Crippen molar-refractivity contribution in [1.29, 1.82) is 0 Å². The van der Waals surface area contributed by atoms with Gasteiger partial charge in [0, 0.05) is 5.56 Å². The highest BCUT2D eigenvalue weighted by atomic mass is 35.5. The number of para-hydroxylation sites is 1. The Morgan fingerprint density at radius 2 is 1.89 bits per heavy atom. The lowest BCUT2D eigenvalue weighted by molar-refractivity contribution is -0.129. The van der Waals surface area contributed by atoms with E-state index in [2.05, 4.69) is 9.98 Å². The number of esters is 1. The number of cyclic esters (lactones) is 1. The molecule has 1 aliphatic rings. The molecule has 0 N–H and O–H groups in total. The molecule has 140 valence electrons. The molecule has 0 saturated heterocycles. The lowest BCUT2D eigenvalue weighted by atomic mass is 10.2. The number of aliphatic imine (C=N–C) groups is 1. The molecule has 0 fully saturated rings. The lowest BCUT2D eigenvalue weighted by Gasteiger charge is -2.02. The summed E-state index contributed by atoms with van der Waals surface area (Å²) in [5.41, 5.74) is 0.772. The number of nitrogens with zero attached hydrogens (tertiary/aromatic N) is 2. The molecular formula is C20H13ClN2O4S. The van der Waals surface area contributed by atoms with Crippen molar-refractivity contribution in [2.45, 2.75) is 0 Å².